The molecule has 0 fully saturated rings. The fraction of sp³-hybridized carbons (Fsp3) is 0.364. The van der Waals surface area contributed by atoms with Gasteiger partial charge in [0.05, 0.1) is 0 Å². The second-order valence-electron chi connectivity index (χ2n) is 6.94. The third-order valence-corrected chi connectivity index (χ3v) is 5.03. The van der Waals surface area contributed by atoms with E-state index in [1.807, 2.05) is 49.4 Å². The Balaban J connectivity index is 1.85. The predicted octanol–water partition coefficient (Wildman–Crippen LogP) is 4.75. The molecule has 0 spiro atoms. The molecule has 0 bridgehead atoms. The molecule has 0 aliphatic rings. The fourth-order valence-corrected chi connectivity index (χ4v) is 3.34. The molecule has 0 unspecified atom stereocenters. The standard InChI is InChI=1S/C22H28BrN3O2/c1-5-26(15(2)3)19-10-7-17(8-11-19)22(28)24-13-12-21(27)25-20-14-18(23)9-6-16(20)4/h6-11,14-15H,5,12-13H2,1-4H3,(H,24,28)(H,25,27). The van der Waals surface area contributed by atoms with Crippen molar-refractivity contribution in [1.82, 2.24) is 5.32 Å². The van der Waals surface area contributed by atoms with Gasteiger partial charge in [0.25, 0.3) is 5.91 Å². The molecule has 0 saturated carbocycles. The van der Waals surface area contributed by atoms with E-state index in [-0.39, 0.29) is 24.8 Å². The minimum Gasteiger partial charge on any atom is -0.369 e. The van der Waals surface area contributed by atoms with Gasteiger partial charge in [-0.3, -0.25) is 9.59 Å². The van der Waals surface area contributed by atoms with Crippen molar-refractivity contribution in [2.45, 2.75) is 40.2 Å². The summed E-state index contributed by atoms with van der Waals surface area (Å²) in [6, 6.07) is 13.7. The Morgan fingerprint density at radius 1 is 1.11 bits per heavy atom. The summed E-state index contributed by atoms with van der Waals surface area (Å²) in [7, 11) is 0. The highest BCUT2D eigenvalue weighted by Gasteiger charge is 2.11. The van der Waals surface area contributed by atoms with Crippen LogP contribution in [0.15, 0.2) is 46.9 Å². The van der Waals surface area contributed by atoms with Gasteiger partial charge in [0.1, 0.15) is 0 Å². The van der Waals surface area contributed by atoms with E-state index in [2.05, 4.69) is 52.2 Å². The normalized spacial score (nSPS) is 10.6. The average Bonchev–Trinajstić information content (AvgIpc) is 2.65. The summed E-state index contributed by atoms with van der Waals surface area (Å²) in [5, 5.41) is 5.68. The molecule has 28 heavy (non-hydrogen) atoms. The number of rotatable bonds is 8. The molecule has 0 aliphatic carbocycles. The Morgan fingerprint density at radius 3 is 2.39 bits per heavy atom. The number of aryl methyl sites for hydroxylation is 1. The van der Waals surface area contributed by atoms with E-state index in [0.717, 1.165) is 28.0 Å². The van der Waals surface area contributed by atoms with Gasteiger partial charge in [0.2, 0.25) is 5.91 Å². The molecule has 0 atom stereocenters. The van der Waals surface area contributed by atoms with E-state index >= 15 is 0 Å². The van der Waals surface area contributed by atoms with E-state index in [4.69, 9.17) is 0 Å². The first kappa shape index (κ1) is 22.0. The molecule has 2 aromatic rings. The highest BCUT2D eigenvalue weighted by Crippen LogP contribution is 2.21. The van der Waals surface area contributed by atoms with Gasteiger partial charge >= 0.3 is 0 Å². The highest BCUT2D eigenvalue weighted by atomic mass is 79.9. The van der Waals surface area contributed by atoms with Crippen LogP contribution in [0.2, 0.25) is 0 Å². The maximum atomic E-state index is 12.3. The average molecular weight is 446 g/mol. The molecule has 0 saturated heterocycles. The predicted molar refractivity (Wildman–Crippen MR) is 119 cm³/mol. The summed E-state index contributed by atoms with van der Waals surface area (Å²) in [4.78, 5) is 26.7. The first-order valence-corrected chi connectivity index (χ1v) is 10.3. The molecule has 0 aromatic heterocycles. The molecule has 2 rings (SSSR count). The van der Waals surface area contributed by atoms with Gasteiger partial charge in [-0.05, 0) is 69.7 Å². The zero-order valence-electron chi connectivity index (χ0n) is 16.9. The van der Waals surface area contributed by atoms with Crippen LogP contribution in [-0.4, -0.2) is 30.9 Å². The second-order valence-corrected chi connectivity index (χ2v) is 7.86. The van der Waals surface area contributed by atoms with Crippen LogP contribution in [-0.2, 0) is 4.79 Å². The number of anilines is 2. The van der Waals surface area contributed by atoms with Gasteiger partial charge in [-0.1, -0.05) is 22.0 Å². The van der Waals surface area contributed by atoms with E-state index in [1.165, 1.54) is 0 Å². The van der Waals surface area contributed by atoms with E-state index in [1.54, 1.807) is 0 Å². The smallest absolute Gasteiger partial charge is 0.251 e. The number of carbonyl (C=O) groups excluding carboxylic acids is 2. The number of hydrogen-bond donors (Lipinski definition) is 2. The maximum Gasteiger partial charge on any atom is 0.251 e. The van der Waals surface area contributed by atoms with Crippen molar-refractivity contribution in [3.05, 3.63) is 58.1 Å². The molecular weight excluding hydrogens is 418 g/mol. The monoisotopic (exact) mass is 445 g/mol. The number of nitrogens with zero attached hydrogens (tertiary/aromatic N) is 1. The third kappa shape index (κ3) is 6.09. The number of halogens is 1. The first-order chi connectivity index (χ1) is 13.3. The summed E-state index contributed by atoms with van der Waals surface area (Å²) in [5.74, 6) is -0.307. The Labute approximate surface area is 175 Å². The van der Waals surface area contributed by atoms with Crippen molar-refractivity contribution in [3.8, 4) is 0 Å². The van der Waals surface area contributed by atoms with Crippen molar-refractivity contribution < 1.29 is 9.59 Å². The van der Waals surface area contributed by atoms with Crippen LogP contribution in [0.3, 0.4) is 0 Å². The lowest BCUT2D eigenvalue weighted by Gasteiger charge is -2.27. The zero-order valence-corrected chi connectivity index (χ0v) is 18.5. The van der Waals surface area contributed by atoms with Crippen LogP contribution in [0.4, 0.5) is 11.4 Å². The number of carbonyl (C=O) groups is 2. The Morgan fingerprint density at radius 2 is 1.79 bits per heavy atom. The largest absolute Gasteiger partial charge is 0.369 e. The number of amides is 2. The van der Waals surface area contributed by atoms with Gasteiger partial charge in [0, 0.05) is 47.0 Å². The molecule has 150 valence electrons. The lowest BCUT2D eigenvalue weighted by atomic mass is 10.1. The molecule has 0 radical (unpaired) electrons. The molecule has 0 aliphatic heterocycles. The van der Waals surface area contributed by atoms with E-state index in [0.29, 0.717) is 11.6 Å². The summed E-state index contributed by atoms with van der Waals surface area (Å²) < 4.78 is 0.907. The Bertz CT molecular complexity index is 819. The highest BCUT2D eigenvalue weighted by molar-refractivity contribution is 9.10. The van der Waals surface area contributed by atoms with Gasteiger partial charge in [-0.25, -0.2) is 0 Å². The Hall–Kier alpha value is -2.34. The molecule has 2 aromatic carbocycles. The topological polar surface area (TPSA) is 61.4 Å². The maximum absolute atomic E-state index is 12.3. The van der Waals surface area contributed by atoms with Crippen LogP contribution in [0.25, 0.3) is 0 Å². The summed E-state index contributed by atoms with van der Waals surface area (Å²) >= 11 is 3.40. The molecule has 6 heteroatoms. The van der Waals surface area contributed by atoms with E-state index < -0.39 is 0 Å². The summed E-state index contributed by atoms with van der Waals surface area (Å²) in [5.41, 5.74) is 3.44. The quantitative estimate of drug-likeness (QED) is 0.615. The van der Waals surface area contributed by atoms with Crippen molar-refractivity contribution in [3.63, 3.8) is 0 Å². The zero-order chi connectivity index (χ0) is 20.7. The number of hydrogen-bond acceptors (Lipinski definition) is 3. The fourth-order valence-electron chi connectivity index (χ4n) is 2.98. The third-order valence-electron chi connectivity index (χ3n) is 4.54. The lowest BCUT2D eigenvalue weighted by Crippen LogP contribution is -2.30. The van der Waals surface area contributed by atoms with Crippen LogP contribution in [0, 0.1) is 6.92 Å². The van der Waals surface area contributed by atoms with Crippen molar-refractivity contribution in [2.24, 2.45) is 0 Å². The SMILES string of the molecule is CCN(c1ccc(C(=O)NCCC(=O)Nc2cc(Br)ccc2C)cc1)C(C)C. The molecular formula is C22H28BrN3O2. The van der Waals surface area contributed by atoms with Crippen molar-refractivity contribution >= 4 is 39.1 Å². The van der Waals surface area contributed by atoms with Crippen LogP contribution >= 0.6 is 15.9 Å². The van der Waals surface area contributed by atoms with Crippen LogP contribution in [0.1, 0.15) is 43.1 Å². The minimum atomic E-state index is -0.175. The van der Waals surface area contributed by atoms with Crippen LogP contribution < -0.4 is 15.5 Å². The van der Waals surface area contributed by atoms with Crippen molar-refractivity contribution in [1.29, 1.82) is 0 Å². The number of benzene rings is 2. The molecule has 2 amide bonds. The summed E-state index contributed by atoms with van der Waals surface area (Å²) in [6.45, 7) is 9.53. The van der Waals surface area contributed by atoms with Crippen molar-refractivity contribution in [2.75, 3.05) is 23.3 Å². The Kier molecular flexibility index (Phi) is 8.05. The molecule has 2 N–H and O–H groups in total. The molecule has 5 nitrogen and oxygen atoms in total. The minimum absolute atomic E-state index is 0.132. The van der Waals surface area contributed by atoms with Crippen LogP contribution in [0.5, 0.6) is 0 Å². The lowest BCUT2D eigenvalue weighted by molar-refractivity contribution is -0.116. The molecule has 0 heterocycles. The van der Waals surface area contributed by atoms with Gasteiger partial charge in [-0.2, -0.15) is 0 Å². The summed E-state index contributed by atoms with van der Waals surface area (Å²) in [6.07, 6.45) is 0.215. The number of nitrogens with one attached hydrogen (secondary N) is 2. The first-order valence-electron chi connectivity index (χ1n) is 9.52. The second kappa shape index (κ2) is 10.3. The van der Waals surface area contributed by atoms with E-state index in [9.17, 15) is 9.59 Å². The van der Waals surface area contributed by atoms with Gasteiger partial charge in [-0.15, -0.1) is 0 Å². The van der Waals surface area contributed by atoms with Gasteiger partial charge in [0.15, 0.2) is 0 Å². The van der Waals surface area contributed by atoms with Gasteiger partial charge < -0.3 is 15.5 Å².